The van der Waals surface area contributed by atoms with Crippen molar-refractivity contribution >= 4 is 9.84 Å². The molecule has 1 aliphatic rings. The van der Waals surface area contributed by atoms with Crippen molar-refractivity contribution in [3.05, 3.63) is 0 Å². The summed E-state index contributed by atoms with van der Waals surface area (Å²) in [5.41, 5.74) is 4.31. The Morgan fingerprint density at radius 2 is 2.17 bits per heavy atom. The first-order chi connectivity index (χ1) is 5.36. The first kappa shape index (κ1) is 9.95. The van der Waals surface area contributed by atoms with Gasteiger partial charge in [-0.1, -0.05) is 0 Å². The van der Waals surface area contributed by atoms with E-state index in [1.807, 2.05) is 0 Å². The highest BCUT2D eigenvalue weighted by Gasteiger charge is 2.39. The third kappa shape index (κ3) is 1.97. The van der Waals surface area contributed by atoms with Gasteiger partial charge in [0, 0.05) is 6.04 Å². The van der Waals surface area contributed by atoms with E-state index in [0.717, 1.165) is 0 Å². The highest BCUT2D eigenvalue weighted by Crippen LogP contribution is 2.24. The summed E-state index contributed by atoms with van der Waals surface area (Å²) in [6.45, 7) is 1.64. The lowest BCUT2D eigenvalue weighted by atomic mass is 9.93. The molecule has 1 heterocycles. The van der Waals surface area contributed by atoms with Crippen LogP contribution in [0.1, 0.15) is 19.8 Å². The van der Waals surface area contributed by atoms with Crippen LogP contribution >= 0.6 is 0 Å². The van der Waals surface area contributed by atoms with Crippen LogP contribution in [0.3, 0.4) is 0 Å². The van der Waals surface area contributed by atoms with Gasteiger partial charge in [-0.25, -0.2) is 8.42 Å². The third-order valence-corrected chi connectivity index (χ3v) is 4.23. The molecule has 12 heavy (non-hydrogen) atoms. The van der Waals surface area contributed by atoms with Crippen molar-refractivity contribution in [3.8, 4) is 0 Å². The predicted octanol–water partition coefficient (Wildman–Crippen LogP) is -0.727. The van der Waals surface area contributed by atoms with Gasteiger partial charge < -0.3 is 10.8 Å². The summed E-state index contributed by atoms with van der Waals surface area (Å²) in [7, 11) is -3.07. The van der Waals surface area contributed by atoms with Gasteiger partial charge in [-0.05, 0) is 19.8 Å². The van der Waals surface area contributed by atoms with Crippen LogP contribution in [0.4, 0.5) is 0 Å². The molecule has 0 radical (unpaired) electrons. The van der Waals surface area contributed by atoms with E-state index in [1.54, 1.807) is 6.92 Å². The van der Waals surface area contributed by atoms with Crippen molar-refractivity contribution in [2.45, 2.75) is 31.4 Å². The molecule has 0 saturated carbocycles. The second kappa shape index (κ2) is 2.97. The van der Waals surface area contributed by atoms with Crippen LogP contribution in [-0.2, 0) is 9.84 Å². The van der Waals surface area contributed by atoms with Gasteiger partial charge in [-0.2, -0.15) is 0 Å². The fraction of sp³-hybridized carbons (Fsp3) is 1.00. The smallest absolute Gasteiger partial charge is 0.153 e. The van der Waals surface area contributed by atoms with Gasteiger partial charge in [-0.15, -0.1) is 0 Å². The second-order valence-electron chi connectivity index (χ2n) is 3.59. The van der Waals surface area contributed by atoms with E-state index >= 15 is 0 Å². The van der Waals surface area contributed by atoms with Gasteiger partial charge in [0.05, 0.1) is 17.1 Å². The Balaban J connectivity index is 2.82. The molecule has 0 aromatic heterocycles. The van der Waals surface area contributed by atoms with Crippen molar-refractivity contribution in [1.82, 2.24) is 0 Å². The molecule has 0 spiro atoms. The van der Waals surface area contributed by atoms with Crippen molar-refractivity contribution in [2.75, 3.05) is 11.5 Å². The van der Waals surface area contributed by atoms with Crippen LogP contribution in [0.15, 0.2) is 0 Å². The predicted molar refractivity (Wildman–Crippen MR) is 46.5 cm³/mol. The number of aliphatic hydroxyl groups is 1. The average Bonchev–Trinajstić information content (AvgIpc) is 1.83. The molecule has 1 aliphatic heterocycles. The summed E-state index contributed by atoms with van der Waals surface area (Å²) in [5.74, 6) is -0.000301. The van der Waals surface area contributed by atoms with Crippen molar-refractivity contribution in [2.24, 2.45) is 5.73 Å². The molecule has 0 aromatic rings. The maximum absolute atomic E-state index is 11.2. The lowest BCUT2D eigenvalue weighted by Gasteiger charge is -2.34. The van der Waals surface area contributed by atoms with Gasteiger partial charge in [0.25, 0.3) is 0 Å². The molecular weight excluding hydrogens is 178 g/mol. The molecule has 0 aliphatic carbocycles. The summed E-state index contributed by atoms with van der Waals surface area (Å²) in [4.78, 5) is 0. The van der Waals surface area contributed by atoms with Gasteiger partial charge in [0.15, 0.2) is 9.84 Å². The number of nitrogens with two attached hydrogens (primary N) is 1. The maximum Gasteiger partial charge on any atom is 0.153 e. The number of sulfone groups is 1. The molecule has 5 heteroatoms. The first-order valence-corrected chi connectivity index (χ1v) is 5.86. The summed E-state index contributed by atoms with van der Waals surface area (Å²) in [5, 5.41) is 9.78. The van der Waals surface area contributed by atoms with E-state index in [-0.39, 0.29) is 11.5 Å². The Kier molecular flexibility index (Phi) is 2.47. The monoisotopic (exact) mass is 193 g/mol. The number of hydrogen-bond acceptors (Lipinski definition) is 4. The molecule has 0 amide bonds. The number of rotatable bonds is 1. The Labute approximate surface area is 72.7 Å². The fourth-order valence-electron chi connectivity index (χ4n) is 1.48. The second-order valence-corrected chi connectivity index (χ2v) is 5.77. The quantitative estimate of drug-likeness (QED) is 0.575. The highest BCUT2D eigenvalue weighted by atomic mass is 32.2. The van der Waals surface area contributed by atoms with Gasteiger partial charge in [0.1, 0.15) is 0 Å². The molecule has 0 aromatic carbocycles. The van der Waals surface area contributed by atoms with Crippen molar-refractivity contribution in [1.29, 1.82) is 0 Å². The number of hydrogen-bond donors (Lipinski definition) is 2. The fourth-order valence-corrected chi connectivity index (χ4v) is 3.38. The molecule has 1 rings (SSSR count). The summed E-state index contributed by atoms with van der Waals surface area (Å²) in [6, 6.07) is -0.479. The normalized spacial score (nSPS) is 37.6. The van der Waals surface area contributed by atoms with E-state index in [0.29, 0.717) is 12.8 Å². The van der Waals surface area contributed by atoms with E-state index in [2.05, 4.69) is 0 Å². The molecule has 4 nitrogen and oxygen atoms in total. The molecular formula is C7H15NO3S. The van der Waals surface area contributed by atoms with Crippen LogP contribution < -0.4 is 5.73 Å². The van der Waals surface area contributed by atoms with E-state index < -0.39 is 21.5 Å². The molecule has 2 atom stereocenters. The minimum atomic E-state index is -3.07. The van der Waals surface area contributed by atoms with Gasteiger partial charge >= 0.3 is 0 Å². The molecule has 1 saturated heterocycles. The largest absolute Gasteiger partial charge is 0.387 e. The lowest BCUT2D eigenvalue weighted by molar-refractivity contribution is 0.0291. The van der Waals surface area contributed by atoms with Gasteiger partial charge in [-0.3, -0.25) is 0 Å². The summed E-state index contributed by atoms with van der Waals surface area (Å²) in [6.07, 6.45) is 1.00. The minimum absolute atomic E-state index is 0.183. The lowest BCUT2D eigenvalue weighted by Crippen LogP contribution is -2.53. The zero-order valence-corrected chi connectivity index (χ0v) is 7.97. The highest BCUT2D eigenvalue weighted by molar-refractivity contribution is 7.91. The topological polar surface area (TPSA) is 80.4 Å². The zero-order valence-electron chi connectivity index (χ0n) is 7.16. The molecule has 3 N–H and O–H groups in total. The van der Waals surface area contributed by atoms with E-state index in [9.17, 15) is 13.5 Å². The minimum Gasteiger partial charge on any atom is -0.387 e. The average molecular weight is 193 g/mol. The first-order valence-electron chi connectivity index (χ1n) is 4.04. The molecule has 72 valence electrons. The summed E-state index contributed by atoms with van der Waals surface area (Å²) >= 11 is 0. The van der Waals surface area contributed by atoms with Crippen LogP contribution in [0.25, 0.3) is 0 Å². The Morgan fingerprint density at radius 3 is 2.50 bits per heavy atom. The zero-order chi connectivity index (χ0) is 9.41. The van der Waals surface area contributed by atoms with Crippen LogP contribution in [0.2, 0.25) is 0 Å². The van der Waals surface area contributed by atoms with Crippen molar-refractivity contribution < 1.29 is 13.5 Å². The Morgan fingerprint density at radius 1 is 1.58 bits per heavy atom. The Bertz CT molecular complexity index is 260. The maximum atomic E-state index is 11.2. The van der Waals surface area contributed by atoms with Crippen molar-refractivity contribution in [3.63, 3.8) is 0 Å². The van der Waals surface area contributed by atoms with Gasteiger partial charge in [0.2, 0.25) is 0 Å². The van der Waals surface area contributed by atoms with E-state index in [1.165, 1.54) is 0 Å². The third-order valence-electron chi connectivity index (χ3n) is 2.38. The summed E-state index contributed by atoms with van der Waals surface area (Å²) < 4.78 is 22.3. The van der Waals surface area contributed by atoms with Crippen LogP contribution in [0.5, 0.6) is 0 Å². The SMILES string of the molecule is CC(N)C1(O)CCCS(=O)(=O)C1. The van der Waals surface area contributed by atoms with Crippen LogP contribution in [-0.4, -0.2) is 36.7 Å². The molecule has 0 bridgehead atoms. The van der Waals surface area contributed by atoms with Crippen LogP contribution in [0, 0.1) is 0 Å². The Hall–Kier alpha value is -0.130. The molecule has 1 fully saturated rings. The van der Waals surface area contributed by atoms with E-state index in [4.69, 9.17) is 5.73 Å². The standard InChI is InChI=1S/C7H15NO3S/c1-6(8)7(9)3-2-4-12(10,11)5-7/h6,9H,2-5,8H2,1H3. The molecule has 2 unspecified atom stereocenters.